The Morgan fingerprint density at radius 1 is 0.946 bits per heavy atom. The van der Waals surface area contributed by atoms with Gasteiger partial charge in [0.15, 0.2) is 0 Å². The van der Waals surface area contributed by atoms with Crippen LogP contribution in [0.3, 0.4) is 0 Å². The van der Waals surface area contributed by atoms with Gasteiger partial charge in [-0.2, -0.15) is 0 Å². The maximum absolute atomic E-state index is 13.0. The molecule has 2 aromatic rings. The fourth-order valence-corrected chi connectivity index (χ4v) is 5.08. The van der Waals surface area contributed by atoms with E-state index in [1.54, 1.807) is 4.90 Å². The second-order valence-electron chi connectivity index (χ2n) is 11.2. The van der Waals surface area contributed by atoms with Crippen LogP contribution in [0.15, 0.2) is 54.6 Å². The summed E-state index contributed by atoms with van der Waals surface area (Å²) in [5.41, 5.74) is 1.47. The highest BCUT2D eigenvalue weighted by atomic mass is 16.6. The maximum atomic E-state index is 13.0. The Morgan fingerprint density at radius 3 is 2.49 bits per heavy atom. The molecule has 2 saturated heterocycles. The zero-order valence-corrected chi connectivity index (χ0v) is 22.5. The van der Waals surface area contributed by atoms with Crippen LogP contribution in [0.2, 0.25) is 0 Å². The summed E-state index contributed by atoms with van der Waals surface area (Å²) in [5.74, 6) is 1.17. The van der Waals surface area contributed by atoms with Gasteiger partial charge in [-0.05, 0) is 75.6 Å². The van der Waals surface area contributed by atoms with Crippen LogP contribution < -0.4 is 4.74 Å². The van der Waals surface area contributed by atoms with Gasteiger partial charge < -0.3 is 24.0 Å². The van der Waals surface area contributed by atoms with Crippen molar-refractivity contribution >= 4 is 12.2 Å². The lowest BCUT2D eigenvalue weighted by Crippen LogP contribution is -2.44. The van der Waals surface area contributed by atoms with Crippen LogP contribution in [-0.2, 0) is 16.1 Å². The van der Waals surface area contributed by atoms with Crippen molar-refractivity contribution in [2.45, 2.75) is 77.7 Å². The molecule has 4 rings (SSSR count). The minimum atomic E-state index is -0.539. The molecule has 0 bridgehead atoms. The van der Waals surface area contributed by atoms with Crippen LogP contribution >= 0.6 is 0 Å². The standard InChI is InChI=1S/C30H40N2O5/c1-22-15-16-27(32(19-22)29(34)37-30(2,3)4)24-12-8-14-26(18-24)35-21-25-13-9-17-31(25)28(33)36-20-23-10-6-5-7-11-23/h5-8,10-12,14,18,22,25,27H,9,13,15-17,19-21H2,1-4H3/t22-,25-,27+/m0/s1. The normalized spacial score (nSPS) is 22.0. The van der Waals surface area contributed by atoms with Gasteiger partial charge in [0, 0.05) is 13.1 Å². The molecular formula is C30H40N2O5. The zero-order chi connectivity index (χ0) is 26.4. The molecule has 0 spiro atoms. The quantitative estimate of drug-likeness (QED) is 0.441. The first-order chi connectivity index (χ1) is 17.7. The Morgan fingerprint density at radius 2 is 1.73 bits per heavy atom. The third kappa shape index (κ3) is 7.40. The van der Waals surface area contributed by atoms with Crippen molar-refractivity contribution in [3.8, 4) is 5.75 Å². The average molecular weight is 509 g/mol. The van der Waals surface area contributed by atoms with Crippen molar-refractivity contribution in [3.63, 3.8) is 0 Å². The molecule has 0 aromatic heterocycles. The number of rotatable bonds is 6. The van der Waals surface area contributed by atoms with E-state index in [2.05, 4.69) is 6.92 Å². The third-order valence-corrected chi connectivity index (χ3v) is 6.95. The Hall–Kier alpha value is -3.22. The van der Waals surface area contributed by atoms with E-state index in [0.717, 1.165) is 42.6 Å². The van der Waals surface area contributed by atoms with Gasteiger partial charge in [0.05, 0.1) is 12.1 Å². The number of hydrogen-bond donors (Lipinski definition) is 0. The van der Waals surface area contributed by atoms with Gasteiger partial charge in [-0.15, -0.1) is 0 Å². The molecule has 2 aromatic carbocycles. The molecule has 0 radical (unpaired) electrons. The van der Waals surface area contributed by atoms with Crippen molar-refractivity contribution in [1.29, 1.82) is 0 Å². The van der Waals surface area contributed by atoms with E-state index in [1.165, 1.54) is 0 Å². The van der Waals surface area contributed by atoms with Crippen molar-refractivity contribution < 1.29 is 23.8 Å². The zero-order valence-electron chi connectivity index (χ0n) is 22.5. The molecule has 200 valence electrons. The highest BCUT2D eigenvalue weighted by Crippen LogP contribution is 2.35. The summed E-state index contributed by atoms with van der Waals surface area (Å²) in [6.07, 6.45) is 3.18. The molecule has 2 fully saturated rings. The lowest BCUT2D eigenvalue weighted by molar-refractivity contribution is 0.00359. The molecule has 2 heterocycles. The first kappa shape index (κ1) is 26.8. The van der Waals surface area contributed by atoms with Crippen molar-refractivity contribution in [1.82, 2.24) is 9.80 Å². The van der Waals surface area contributed by atoms with Crippen molar-refractivity contribution in [2.75, 3.05) is 19.7 Å². The minimum absolute atomic E-state index is 0.0271. The Bertz CT molecular complexity index is 1050. The molecule has 0 aliphatic carbocycles. The molecular weight excluding hydrogens is 468 g/mol. The number of benzene rings is 2. The monoisotopic (exact) mass is 508 g/mol. The molecule has 0 N–H and O–H groups in total. The van der Waals surface area contributed by atoms with E-state index in [9.17, 15) is 9.59 Å². The number of likely N-dealkylation sites (tertiary alicyclic amines) is 2. The summed E-state index contributed by atoms with van der Waals surface area (Å²) >= 11 is 0. The number of carbonyl (C=O) groups is 2. The molecule has 7 heteroatoms. The van der Waals surface area contributed by atoms with Crippen LogP contribution in [0.1, 0.15) is 70.5 Å². The highest BCUT2D eigenvalue weighted by Gasteiger charge is 2.34. The van der Waals surface area contributed by atoms with Gasteiger partial charge in [0.1, 0.15) is 24.6 Å². The van der Waals surface area contributed by atoms with Gasteiger partial charge in [-0.3, -0.25) is 0 Å². The molecule has 3 atom stereocenters. The Labute approximate surface area is 220 Å². The molecule has 0 unspecified atom stereocenters. The first-order valence-electron chi connectivity index (χ1n) is 13.4. The van der Waals surface area contributed by atoms with Gasteiger partial charge in [-0.1, -0.05) is 49.4 Å². The molecule has 7 nitrogen and oxygen atoms in total. The van der Waals surface area contributed by atoms with Crippen LogP contribution in [0, 0.1) is 5.92 Å². The van der Waals surface area contributed by atoms with Gasteiger partial charge in [0.2, 0.25) is 0 Å². The van der Waals surface area contributed by atoms with E-state index < -0.39 is 5.60 Å². The number of nitrogens with zero attached hydrogens (tertiary/aromatic N) is 2. The number of amides is 2. The van der Waals surface area contributed by atoms with Gasteiger partial charge in [-0.25, -0.2) is 9.59 Å². The molecule has 2 aliphatic heterocycles. The number of carbonyl (C=O) groups excluding carboxylic acids is 2. The summed E-state index contributed by atoms with van der Waals surface area (Å²) in [6.45, 7) is 9.87. The topological polar surface area (TPSA) is 68.3 Å². The summed E-state index contributed by atoms with van der Waals surface area (Å²) in [4.78, 5) is 29.4. The Balaban J connectivity index is 1.37. The summed E-state index contributed by atoms with van der Waals surface area (Å²) in [6, 6.07) is 17.6. The van der Waals surface area contributed by atoms with Gasteiger partial charge in [0.25, 0.3) is 0 Å². The molecule has 2 amide bonds. The summed E-state index contributed by atoms with van der Waals surface area (Å²) < 4.78 is 17.4. The van der Waals surface area contributed by atoms with Crippen LogP contribution in [-0.4, -0.2) is 53.3 Å². The second-order valence-corrected chi connectivity index (χ2v) is 11.2. The highest BCUT2D eigenvalue weighted by molar-refractivity contribution is 5.69. The van der Waals surface area contributed by atoms with Crippen LogP contribution in [0.25, 0.3) is 0 Å². The first-order valence-corrected chi connectivity index (χ1v) is 13.4. The fraction of sp³-hybridized carbons (Fsp3) is 0.533. The maximum Gasteiger partial charge on any atom is 0.410 e. The van der Waals surface area contributed by atoms with Crippen molar-refractivity contribution in [3.05, 3.63) is 65.7 Å². The predicted molar refractivity (Wildman–Crippen MR) is 142 cm³/mol. The van der Waals surface area contributed by atoms with E-state index in [-0.39, 0.29) is 30.9 Å². The molecule has 37 heavy (non-hydrogen) atoms. The smallest absolute Gasteiger partial charge is 0.410 e. The fourth-order valence-electron chi connectivity index (χ4n) is 5.08. The molecule has 0 saturated carbocycles. The number of ether oxygens (including phenoxy) is 3. The van der Waals surface area contributed by atoms with E-state index >= 15 is 0 Å². The van der Waals surface area contributed by atoms with E-state index in [1.807, 2.05) is 80.3 Å². The molecule has 2 aliphatic rings. The minimum Gasteiger partial charge on any atom is -0.491 e. The SMILES string of the molecule is C[C@H]1CC[C@H](c2cccc(OC[C@@H]3CCCN3C(=O)OCc3ccccc3)c2)N(C(=O)OC(C)(C)C)C1. The predicted octanol–water partition coefficient (Wildman–Crippen LogP) is 6.57. The lowest BCUT2D eigenvalue weighted by Gasteiger charge is -2.39. The van der Waals surface area contributed by atoms with Gasteiger partial charge >= 0.3 is 12.2 Å². The van der Waals surface area contributed by atoms with E-state index in [0.29, 0.717) is 25.6 Å². The number of hydrogen-bond acceptors (Lipinski definition) is 5. The van der Waals surface area contributed by atoms with Crippen LogP contribution in [0.5, 0.6) is 5.75 Å². The van der Waals surface area contributed by atoms with Crippen LogP contribution in [0.4, 0.5) is 9.59 Å². The average Bonchev–Trinajstić information content (AvgIpc) is 3.34. The largest absolute Gasteiger partial charge is 0.491 e. The second kappa shape index (κ2) is 11.9. The van der Waals surface area contributed by atoms with Crippen molar-refractivity contribution in [2.24, 2.45) is 5.92 Å². The number of piperidine rings is 1. The Kier molecular flexibility index (Phi) is 8.62. The van der Waals surface area contributed by atoms with E-state index in [4.69, 9.17) is 14.2 Å². The third-order valence-electron chi connectivity index (χ3n) is 6.95. The lowest BCUT2D eigenvalue weighted by atomic mass is 9.90. The summed E-state index contributed by atoms with van der Waals surface area (Å²) in [7, 11) is 0. The summed E-state index contributed by atoms with van der Waals surface area (Å²) in [5, 5.41) is 0.